The first kappa shape index (κ1) is 22.5. The van der Waals surface area contributed by atoms with E-state index in [0.717, 1.165) is 0 Å². The molecule has 3 aromatic carbocycles. The molecule has 1 aliphatic rings. The molecule has 0 aliphatic carbocycles. The van der Waals surface area contributed by atoms with Crippen LogP contribution < -0.4 is 9.62 Å². The summed E-state index contributed by atoms with van der Waals surface area (Å²) in [6.07, 6.45) is 1.26. The molecule has 170 valence electrons. The van der Waals surface area contributed by atoms with Crippen LogP contribution in [0.2, 0.25) is 0 Å². The minimum atomic E-state index is -4.01. The molecule has 7 nitrogen and oxygen atoms in total. The highest BCUT2D eigenvalue weighted by Gasteiger charge is 2.26. The number of esters is 1. The van der Waals surface area contributed by atoms with E-state index in [9.17, 15) is 22.4 Å². The molecule has 0 bridgehead atoms. The zero-order valence-corrected chi connectivity index (χ0v) is 18.6. The van der Waals surface area contributed by atoms with Gasteiger partial charge in [-0.2, -0.15) is 0 Å². The third kappa shape index (κ3) is 4.58. The van der Waals surface area contributed by atoms with Gasteiger partial charge >= 0.3 is 5.97 Å². The molecule has 0 aromatic heterocycles. The van der Waals surface area contributed by atoms with Crippen molar-refractivity contribution >= 4 is 33.3 Å². The molecule has 33 heavy (non-hydrogen) atoms. The molecule has 1 heterocycles. The number of aryl methyl sites for hydroxylation is 1. The van der Waals surface area contributed by atoms with E-state index in [1.165, 1.54) is 55.6 Å². The quantitative estimate of drug-likeness (QED) is 0.572. The van der Waals surface area contributed by atoms with Gasteiger partial charge in [-0.05, 0) is 73.0 Å². The van der Waals surface area contributed by atoms with Gasteiger partial charge in [0.15, 0.2) is 0 Å². The minimum Gasteiger partial charge on any atom is -0.465 e. The summed E-state index contributed by atoms with van der Waals surface area (Å²) in [5.41, 5.74) is 1.88. The molecule has 1 aliphatic heterocycles. The maximum Gasteiger partial charge on any atom is 0.339 e. The zero-order chi connectivity index (χ0) is 23.6. The summed E-state index contributed by atoms with van der Waals surface area (Å²) in [5, 5.41) is 0. The molecule has 0 saturated heterocycles. The maximum atomic E-state index is 13.2. The Morgan fingerprint density at radius 2 is 1.76 bits per heavy atom. The monoisotopic (exact) mass is 468 g/mol. The van der Waals surface area contributed by atoms with Crippen molar-refractivity contribution in [2.24, 2.45) is 0 Å². The number of nitrogens with one attached hydrogen (secondary N) is 1. The highest BCUT2D eigenvalue weighted by Crippen LogP contribution is 2.31. The van der Waals surface area contributed by atoms with E-state index < -0.39 is 21.8 Å². The van der Waals surface area contributed by atoms with Gasteiger partial charge in [0, 0.05) is 17.8 Å². The Morgan fingerprint density at radius 1 is 1.03 bits per heavy atom. The summed E-state index contributed by atoms with van der Waals surface area (Å²) in [5.74, 6) is -1.37. The van der Waals surface area contributed by atoms with Crippen molar-refractivity contribution in [1.82, 2.24) is 0 Å². The lowest BCUT2D eigenvalue weighted by Crippen LogP contribution is -2.35. The summed E-state index contributed by atoms with van der Waals surface area (Å²) < 4.78 is 46.5. The summed E-state index contributed by atoms with van der Waals surface area (Å²) in [4.78, 5) is 26.5. The normalized spacial score (nSPS) is 13.2. The molecule has 0 saturated carbocycles. The van der Waals surface area contributed by atoms with Crippen LogP contribution in [0.1, 0.15) is 32.7 Å². The first-order valence-corrected chi connectivity index (χ1v) is 11.7. The van der Waals surface area contributed by atoms with Crippen LogP contribution in [0.4, 0.5) is 15.8 Å². The lowest BCUT2D eigenvalue weighted by atomic mass is 10.0. The number of fused-ring (bicyclic) bond motifs is 1. The Bertz CT molecular complexity index is 1320. The SMILES string of the molecule is COC(=O)c1ccccc1NS(=O)(=O)c1ccc2c(c1)CCCN2C(=O)c1ccc(F)cc1. The first-order chi connectivity index (χ1) is 15.8. The maximum absolute atomic E-state index is 13.2. The van der Waals surface area contributed by atoms with E-state index in [1.54, 1.807) is 23.1 Å². The number of amides is 1. The standard InChI is InChI=1S/C24H21FN2O5S/c1-32-24(29)20-6-2-3-7-21(20)26-33(30,31)19-12-13-22-17(15-19)5-4-14-27(22)23(28)16-8-10-18(25)11-9-16/h2-3,6-13,15,26H,4-5,14H2,1H3. The van der Waals surface area contributed by atoms with Crippen LogP contribution >= 0.6 is 0 Å². The van der Waals surface area contributed by atoms with Crippen molar-refractivity contribution in [3.8, 4) is 0 Å². The van der Waals surface area contributed by atoms with E-state index in [4.69, 9.17) is 4.74 Å². The number of benzene rings is 3. The third-order valence-corrected chi connectivity index (χ3v) is 6.76. The van der Waals surface area contributed by atoms with Crippen LogP contribution in [0, 0.1) is 5.82 Å². The number of halogens is 1. The van der Waals surface area contributed by atoms with Crippen LogP contribution in [0.5, 0.6) is 0 Å². The second kappa shape index (κ2) is 9.03. The van der Waals surface area contributed by atoms with Gasteiger partial charge in [-0.25, -0.2) is 17.6 Å². The average molecular weight is 469 g/mol. The number of hydrogen-bond donors (Lipinski definition) is 1. The summed E-state index contributed by atoms with van der Waals surface area (Å²) in [6, 6.07) is 16.0. The van der Waals surface area contributed by atoms with Crippen LogP contribution in [0.3, 0.4) is 0 Å². The van der Waals surface area contributed by atoms with Crippen molar-refractivity contribution in [3.05, 3.63) is 89.2 Å². The molecule has 1 N–H and O–H groups in total. The fraction of sp³-hybridized carbons (Fsp3) is 0.167. The molecule has 4 rings (SSSR count). The summed E-state index contributed by atoms with van der Waals surface area (Å²) >= 11 is 0. The van der Waals surface area contributed by atoms with Gasteiger partial charge < -0.3 is 9.64 Å². The number of nitrogens with zero attached hydrogens (tertiary/aromatic N) is 1. The van der Waals surface area contributed by atoms with Crippen molar-refractivity contribution < 1.29 is 27.1 Å². The molecule has 0 unspecified atom stereocenters. The Hall–Kier alpha value is -3.72. The average Bonchev–Trinajstić information content (AvgIpc) is 2.83. The van der Waals surface area contributed by atoms with Crippen molar-refractivity contribution in [2.75, 3.05) is 23.3 Å². The molecule has 0 radical (unpaired) electrons. The number of carbonyl (C=O) groups is 2. The summed E-state index contributed by atoms with van der Waals surface area (Å²) in [6.45, 7) is 0.472. The second-order valence-electron chi connectivity index (χ2n) is 7.50. The largest absolute Gasteiger partial charge is 0.465 e. The van der Waals surface area contributed by atoms with E-state index in [2.05, 4.69) is 4.72 Å². The van der Waals surface area contributed by atoms with Gasteiger partial charge in [-0.3, -0.25) is 9.52 Å². The molecule has 1 amide bonds. The molecule has 0 atom stereocenters. The Morgan fingerprint density at radius 3 is 2.48 bits per heavy atom. The van der Waals surface area contributed by atoms with Gasteiger partial charge in [-0.15, -0.1) is 0 Å². The molecule has 9 heteroatoms. The molecular formula is C24H21FN2O5S. The van der Waals surface area contributed by atoms with Crippen molar-refractivity contribution in [3.63, 3.8) is 0 Å². The highest BCUT2D eigenvalue weighted by molar-refractivity contribution is 7.92. The number of rotatable bonds is 5. The Balaban J connectivity index is 1.63. The van der Waals surface area contributed by atoms with Gasteiger partial charge in [0.2, 0.25) is 0 Å². The van der Waals surface area contributed by atoms with E-state index >= 15 is 0 Å². The van der Waals surface area contributed by atoms with Crippen LogP contribution in [-0.4, -0.2) is 33.9 Å². The highest BCUT2D eigenvalue weighted by atomic mass is 32.2. The van der Waals surface area contributed by atoms with Crippen LogP contribution in [-0.2, 0) is 21.2 Å². The number of hydrogen-bond acceptors (Lipinski definition) is 5. The number of para-hydroxylation sites is 1. The second-order valence-corrected chi connectivity index (χ2v) is 9.18. The van der Waals surface area contributed by atoms with E-state index in [0.29, 0.717) is 36.2 Å². The smallest absolute Gasteiger partial charge is 0.339 e. The fourth-order valence-corrected chi connectivity index (χ4v) is 4.89. The number of ether oxygens (including phenoxy) is 1. The van der Waals surface area contributed by atoms with Crippen LogP contribution in [0.15, 0.2) is 71.6 Å². The first-order valence-electron chi connectivity index (χ1n) is 10.2. The van der Waals surface area contributed by atoms with Gasteiger partial charge in [-0.1, -0.05) is 12.1 Å². The molecular weight excluding hydrogens is 447 g/mol. The van der Waals surface area contributed by atoms with Gasteiger partial charge in [0.05, 0.1) is 23.3 Å². The number of anilines is 2. The molecule has 0 fully saturated rings. The molecule has 3 aromatic rings. The fourth-order valence-electron chi connectivity index (χ4n) is 3.76. The molecule has 0 spiro atoms. The van der Waals surface area contributed by atoms with Crippen molar-refractivity contribution in [2.45, 2.75) is 17.7 Å². The predicted molar refractivity (Wildman–Crippen MR) is 121 cm³/mol. The van der Waals surface area contributed by atoms with Gasteiger partial charge in [0.25, 0.3) is 15.9 Å². The van der Waals surface area contributed by atoms with Gasteiger partial charge in [0.1, 0.15) is 5.82 Å². The topological polar surface area (TPSA) is 92.8 Å². The Kier molecular flexibility index (Phi) is 6.15. The summed E-state index contributed by atoms with van der Waals surface area (Å²) in [7, 11) is -2.79. The van der Waals surface area contributed by atoms with Crippen LogP contribution in [0.25, 0.3) is 0 Å². The van der Waals surface area contributed by atoms with Crippen molar-refractivity contribution in [1.29, 1.82) is 0 Å². The van der Waals surface area contributed by atoms with E-state index in [1.807, 2.05) is 0 Å². The lowest BCUT2D eigenvalue weighted by Gasteiger charge is -2.30. The predicted octanol–water partition coefficient (Wildman–Crippen LogP) is 4.01. The third-order valence-electron chi connectivity index (χ3n) is 5.39. The number of methoxy groups -OCH3 is 1. The Labute approximate surface area is 190 Å². The minimum absolute atomic E-state index is 0.0111. The lowest BCUT2D eigenvalue weighted by molar-refractivity contribution is 0.0602. The van der Waals surface area contributed by atoms with E-state index in [-0.39, 0.29) is 22.1 Å². The zero-order valence-electron chi connectivity index (χ0n) is 17.7. The number of carbonyl (C=O) groups excluding carboxylic acids is 2. The number of sulfonamides is 1.